The monoisotopic (exact) mass is 269 g/mol. The molecule has 1 aliphatic rings. The van der Waals surface area contributed by atoms with Crippen molar-refractivity contribution < 1.29 is 9.47 Å². The summed E-state index contributed by atoms with van der Waals surface area (Å²) in [5.41, 5.74) is 3.35. The van der Waals surface area contributed by atoms with Gasteiger partial charge in [-0.2, -0.15) is 0 Å². The molecule has 3 rings (SSSR count). The molecule has 20 heavy (non-hydrogen) atoms. The van der Waals surface area contributed by atoms with Gasteiger partial charge in [-0.3, -0.25) is 4.98 Å². The summed E-state index contributed by atoms with van der Waals surface area (Å²) >= 11 is 0. The predicted molar refractivity (Wildman–Crippen MR) is 78.6 cm³/mol. The average Bonchev–Trinajstić information content (AvgIpc) is 2.51. The lowest BCUT2D eigenvalue weighted by Gasteiger charge is -2.25. The van der Waals surface area contributed by atoms with E-state index in [0.29, 0.717) is 0 Å². The van der Waals surface area contributed by atoms with Gasteiger partial charge in [-0.15, -0.1) is 0 Å². The predicted octanol–water partition coefficient (Wildman–Crippen LogP) is 3.96. The van der Waals surface area contributed by atoms with Crippen molar-refractivity contribution >= 4 is 0 Å². The number of aryl methyl sites for hydroxylation is 1. The highest BCUT2D eigenvalue weighted by molar-refractivity contribution is 5.71. The molecule has 1 aromatic carbocycles. The van der Waals surface area contributed by atoms with E-state index in [0.717, 1.165) is 41.9 Å². The molecule has 0 radical (unpaired) electrons. The van der Waals surface area contributed by atoms with Crippen LogP contribution in [0.15, 0.2) is 42.7 Å². The number of nitrogens with zero attached hydrogens (tertiary/aromatic N) is 1. The quantitative estimate of drug-likeness (QED) is 0.845. The molecule has 2 aromatic rings. The van der Waals surface area contributed by atoms with Crippen LogP contribution in [-0.4, -0.2) is 17.9 Å². The number of benzene rings is 1. The number of pyridine rings is 1. The van der Waals surface area contributed by atoms with Gasteiger partial charge in [0.15, 0.2) is 6.29 Å². The maximum atomic E-state index is 6.13. The van der Waals surface area contributed by atoms with Crippen LogP contribution < -0.4 is 4.74 Å². The zero-order valence-corrected chi connectivity index (χ0v) is 11.7. The summed E-state index contributed by atoms with van der Waals surface area (Å²) in [5.74, 6) is 0.922. The summed E-state index contributed by atoms with van der Waals surface area (Å²) in [5, 5.41) is 0. The van der Waals surface area contributed by atoms with E-state index >= 15 is 0 Å². The Morgan fingerprint density at radius 3 is 2.75 bits per heavy atom. The van der Waals surface area contributed by atoms with Crippen molar-refractivity contribution in [2.24, 2.45) is 0 Å². The minimum atomic E-state index is -0.120. The fourth-order valence-corrected chi connectivity index (χ4v) is 2.50. The first-order valence-electron chi connectivity index (χ1n) is 7.13. The molecule has 0 aliphatic carbocycles. The van der Waals surface area contributed by atoms with Gasteiger partial charge in [-0.05, 0) is 43.0 Å². The van der Waals surface area contributed by atoms with E-state index in [-0.39, 0.29) is 6.29 Å². The smallest absolute Gasteiger partial charge is 0.199 e. The highest BCUT2D eigenvalue weighted by Crippen LogP contribution is 2.34. The Morgan fingerprint density at radius 2 is 2.00 bits per heavy atom. The van der Waals surface area contributed by atoms with E-state index in [1.165, 1.54) is 6.42 Å². The summed E-state index contributed by atoms with van der Waals surface area (Å²) in [4.78, 5) is 4.07. The van der Waals surface area contributed by atoms with Crippen LogP contribution in [0.4, 0.5) is 0 Å². The van der Waals surface area contributed by atoms with Crippen molar-refractivity contribution in [3.63, 3.8) is 0 Å². The largest absolute Gasteiger partial charge is 0.464 e. The molecule has 1 aromatic heterocycles. The summed E-state index contributed by atoms with van der Waals surface area (Å²) in [6.45, 7) is 2.87. The highest BCUT2D eigenvalue weighted by atomic mass is 16.7. The highest BCUT2D eigenvalue weighted by Gasteiger charge is 2.18. The normalized spacial score (nSPS) is 18.8. The SMILES string of the molecule is Cc1cccc(-c2ccncc2)c1OC1CCCCO1. The minimum Gasteiger partial charge on any atom is -0.464 e. The van der Waals surface area contributed by atoms with E-state index in [4.69, 9.17) is 9.47 Å². The maximum absolute atomic E-state index is 6.13. The molecular formula is C17H19NO2. The Hall–Kier alpha value is -1.87. The van der Waals surface area contributed by atoms with Crippen LogP contribution in [0.3, 0.4) is 0 Å². The third kappa shape index (κ3) is 2.83. The van der Waals surface area contributed by atoms with Crippen molar-refractivity contribution in [3.8, 4) is 16.9 Å². The number of aromatic nitrogens is 1. The van der Waals surface area contributed by atoms with E-state index in [1.807, 2.05) is 12.1 Å². The molecule has 1 saturated heterocycles. The zero-order chi connectivity index (χ0) is 13.8. The van der Waals surface area contributed by atoms with Gasteiger partial charge >= 0.3 is 0 Å². The molecule has 0 N–H and O–H groups in total. The number of hydrogen-bond acceptors (Lipinski definition) is 3. The average molecular weight is 269 g/mol. The summed E-state index contributed by atoms with van der Waals surface area (Å²) < 4.78 is 11.8. The van der Waals surface area contributed by atoms with Gasteiger partial charge in [-0.25, -0.2) is 0 Å². The second kappa shape index (κ2) is 6.06. The third-order valence-corrected chi connectivity index (χ3v) is 3.59. The summed E-state index contributed by atoms with van der Waals surface area (Å²) in [7, 11) is 0. The van der Waals surface area contributed by atoms with Crippen LogP contribution in [0.25, 0.3) is 11.1 Å². The molecule has 0 bridgehead atoms. The van der Waals surface area contributed by atoms with Crippen molar-refractivity contribution in [2.75, 3.05) is 6.61 Å². The second-order valence-corrected chi connectivity index (χ2v) is 5.10. The van der Waals surface area contributed by atoms with Crippen LogP contribution in [-0.2, 0) is 4.74 Å². The molecule has 2 heterocycles. The Kier molecular flexibility index (Phi) is 3.97. The Balaban J connectivity index is 1.92. The molecule has 1 atom stereocenters. The minimum absolute atomic E-state index is 0.120. The first-order valence-corrected chi connectivity index (χ1v) is 7.13. The molecule has 3 heteroatoms. The van der Waals surface area contributed by atoms with Crippen molar-refractivity contribution in [2.45, 2.75) is 32.5 Å². The van der Waals surface area contributed by atoms with E-state index in [9.17, 15) is 0 Å². The first kappa shape index (κ1) is 13.1. The van der Waals surface area contributed by atoms with Crippen LogP contribution in [0.5, 0.6) is 5.75 Å². The van der Waals surface area contributed by atoms with Gasteiger partial charge < -0.3 is 9.47 Å². The molecule has 0 saturated carbocycles. The fraction of sp³-hybridized carbons (Fsp3) is 0.353. The Labute approximate surface area is 119 Å². The second-order valence-electron chi connectivity index (χ2n) is 5.10. The van der Waals surface area contributed by atoms with Gasteiger partial charge in [0.2, 0.25) is 0 Å². The van der Waals surface area contributed by atoms with Gasteiger partial charge in [0.25, 0.3) is 0 Å². The topological polar surface area (TPSA) is 31.4 Å². The van der Waals surface area contributed by atoms with Gasteiger partial charge in [0.1, 0.15) is 5.75 Å². The summed E-state index contributed by atoms with van der Waals surface area (Å²) in [6, 6.07) is 10.2. The van der Waals surface area contributed by atoms with Crippen molar-refractivity contribution in [1.29, 1.82) is 0 Å². The van der Waals surface area contributed by atoms with E-state index in [2.05, 4.69) is 30.1 Å². The van der Waals surface area contributed by atoms with Gasteiger partial charge in [-0.1, -0.05) is 18.2 Å². The fourth-order valence-electron chi connectivity index (χ4n) is 2.50. The molecule has 0 spiro atoms. The number of ether oxygens (including phenoxy) is 2. The number of rotatable bonds is 3. The van der Waals surface area contributed by atoms with Crippen molar-refractivity contribution in [1.82, 2.24) is 4.98 Å². The van der Waals surface area contributed by atoms with Gasteiger partial charge in [0.05, 0.1) is 6.61 Å². The Bertz CT molecular complexity index is 562. The van der Waals surface area contributed by atoms with Crippen molar-refractivity contribution in [3.05, 3.63) is 48.3 Å². The van der Waals surface area contributed by atoms with E-state index in [1.54, 1.807) is 12.4 Å². The molecule has 104 valence electrons. The lowest BCUT2D eigenvalue weighted by molar-refractivity contribution is -0.105. The molecule has 1 unspecified atom stereocenters. The molecule has 0 amide bonds. The number of para-hydroxylation sites is 1. The summed E-state index contributed by atoms with van der Waals surface area (Å²) in [6.07, 6.45) is 6.75. The van der Waals surface area contributed by atoms with E-state index < -0.39 is 0 Å². The Morgan fingerprint density at radius 1 is 1.15 bits per heavy atom. The number of hydrogen-bond donors (Lipinski definition) is 0. The maximum Gasteiger partial charge on any atom is 0.199 e. The van der Waals surface area contributed by atoms with Crippen LogP contribution in [0.2, 0.25) is 0 Å². The molecule has 1 aliphatic heterocycles. The van der Waals surface area contributed by atoms with Gasteiger partial charge in [0, 0.05) is 24.4 Å². The lowest BCUT2D eigenvalue weighted by atomic mass is 10.0. The zero-order valence-electron chi connectivity index (χ0n) is 11.7. The van der Waals surface area contributed by atoms with Crippen LogP contribution in [0.1, 0.15) is 24.8 Å². The van der Waals surface area contributed by atoms with Crippen LogP contribution >= 0.6 is 0 Å². The standard InChI is InChI=1S/C17H19NO2/c1-13-5-4-6-15(14-8-10-18-11-9-14)17(13)20-16-7-2-3-12-19-16/h4-6,8-11,16H,2-3,7,12H2,1H3. The van der Waals surface area contributed by atoms with Crippen LogP contribution in [0, 0.1) is 6.92 Å². The molecule has 3 nitrogen and oxygen atoms in total. The molecule has 1 fully saturated rings. The third-order valence-electron chi connectivity index (χ3n) is 3.59. The lowest BCUT2D eigenvalue weighted by Crippen LogP contribution is -2.25. The molecular weight excluding hydrogens is 250 g/mol. The first-order chi connectivity index (χ1) is 9.84.